The molecule has 0 aromatic carbocycles. The van der Waals surface area contributed by atoms with Gasteiger partial charge in [-0.15, -0.1) is 0 Å². The molecule has 1 aliphatic heterocycles. The Morgan fingerprint density at radius 1 is 1.05 bits per heavy atom. The van der Waals surface area contributed by atoms with Crippen LogP contribution in [0.5, 0.6) is 0 Å². The molecule has 0 aliphatic carbocycles. The van der Waals surface area contributed by atoms with Crippen LogP contribution in [0.3, 0.4) is 0 Å². The van der Waals surface area contributed by atoms with Crippen molar-refractivity contribution in [2.24, 2.45) is 0 Å². The minimum Gasteiger partial charge on any atom is -0.398 e. The second-order valence-electron chi connectivity index (χ2n) is 5.04. The van der Waals surface area contributed by atoms with Gasteiger partial charge < -0.3 is 15.2 Å². The maximum Gasteiger partial charge on any atom is 0.250 e. The predicted molar refractivity (Wildman–Crippen MR) is 74.8 cm³/mol. The fourth-order valence-corrected chi connectivity index (χ4v) is 2.40. The number of nitrogens with zero attached hydrogens (tertiary/aromatic N) is 2. The Morgan fingerprint density at radius 3 is 2.68 bits per heavy atom. The van der Waals surface area contributed by atoms with E-state index in [2.05, 4.69) is 0 Å². The number of anilines is 1. The third-order valence-corrected chi connectivity index (χ3v) is 3.54. The van der Waals surface area contributed by atoms with Gasteiger partial charge in [-0.1, -0.05) is 12.8 Å². The van der Waals surface area contributed by atoms with Crippen molar-refractivity contribution in [3.63, 3.8) is 0 Å². The number of carbonyl (C=O) groups is 1. The SMILES string of the molecule is Nc1ccc(=O)n(CCN2CCCCCCC2=O)c1. The van der Waals surface area contributed by atoms with Crippen LogP contribution in [0.4, 0.5) is 5.69 Å². The monoisotopic (exact) mass is 263 g/mol. The van der Waals surface area contributed by atoms with Gasteiger partial charge >= 0.3 is 0 Å². The summed E-state index contributed by atoms with van der Waals surface area (Å²) < 4.78 is 1.57. The second-order valence-corrected chi connectivity index (χ2v) is 5.04. The van der Waals surface area contributed by atoms with Gasteiger partial charge in [0.15, 0.2) is 0 Å². The zero-order valence-corrected chi connectivity index (χ0v) is 11.2. The van der Waals surface area contributed by atoms with Crippen molar-refractivity contribution in [1.29, 1.82) is 0 Å². The zero-order valence-electron chi connectivity index (χ0n) is 11.2. The maximum absolute atomic E-state index is 12.0. The van der Waals surface area contributed by atoms with Gasteiger partial charge in [0, 0.05) is 44.0 Å². The lowest BCUT2D eigenvalue weighted by Gasteiger charge is -2.25. The molecule has 1 aromatic heterocycles. The standard InChI is InChI=1S/C14H21N3O2/c15-12-6-7-14(19)17(11-12)10-9-16-8-4-2-1-3-5-13(16)18/h6-7,11H,1-5,8-10,15H2. The van der Waals surface area contributed by atoms with Gasteiger partial charge in [0.1, 0.15) is 0 Å². The molecular weight excluding hydrogens is 242 g/mol. The number of hydrogen-bond donors (Lipinski definition) is 1. The van der Waals surface area contributed by atoms with E-state index in [1.165, 1.54) is 12.5 Å². The van der Waals surface area contributed by atoms with E-state index < -0.39 is 0 Å². The molecule has 0 atom stereocenters. The Bertz CT molecular complexity index is 496. The summed E-state index contributed by atoms with van der Waals surface area (Å²) in [5.41, 5.74) is 6.16. The minimum atomic E-state index is -0.0753. The topological polar surface area (TPSA) is 68.3 Å². The highest BCUT2D eigenvalue weighted by Gasteiger charge is 2.15. The number of carbonyl (C=O) groups excluding carboxylic acids is 1. The van der Waals surface area contributed by atoms with Crippen LogP contribution in [0.2, 0.25) is 0 Å². The van der Waals surface area contributed by atoms with Crippen LogP contribution in [0.15, 0.2) is 23.1 Å². The number of likely N-dealkylation sites (tertiary alicyclic amines) is 1. The zero-order chi connectivity index (χ0) is 13.7. The molecule has 1 saturated heterocycles. The Kier molecular flexibility index (Phi) is 4.60. The highest BCUT2D eigenvalue weighted by Crippen LogP contribution is 2.11. The van der Waals surface area contributed by atoms with Gasteiger partial charge in [-0.25, -0.2) is 0 Å². The fraction of sp³-hybridized carbons (Fsp3) is 0.571. The molecule has 0 unspecified atom stereocenters. The van der Waals surface area contributed by atoms with E-state index in [9.17, 15) is 9.59 Å². The van der Waals surface area contributed by atoms with Gasteiger partial charge in [0.25, 0.3) is 5.56 Å². The fourth-order valence-electron chi connectivity index (χ4n) is 2.40. The van der Waals surface area contributed by atoms with Crippen LogP contribution in [0.1, 0.15) is 32.1 Å². The van der Waals surface area contributed by atoms with Gasteiger partial charge in [0.2, 0.25) is 5.91 Å². The van der Waals surface area contributed by atoms with Gasteiger partial charge in [-0.05, 0) is 18.9 Å². The number of hydrogen-bond acceptors (Lipinski definition) is 3. The normalized spacial score (nSPS) is 17.1. The summed E-state index contributed by atoms with van der Waals surface area (Å²) in [5.74, 6) is 0.205. The van der Waals surface area contributed by atoms with Crippen LogP contribution in [-0.2, 0) is 11.3 Å². The average molecular weight is 263 g/mol. The average Bonchev–Trinajstić information content (AvgIpc) is 2.37. The lowest BCUT2D eigenvalue weighted by atomic mass is 10.1. The van der Waals surface area contributed by atoms with Crippen LogP contribution in [-0.4, -0.2) is 28.5 Å². The molecule has 104 valence electrons. The highest BCUT2D eigenvalue weighted by molar-refractivity contribution is 5.76. The van der Waals surface area contributed by atoms with E-state index >= 15 is 0 Å². The Hall–Kier alpha value is -1.78. The molecule has 19 heavy (non-hydrogen) atoms. The van der Waals surface area contributed by atoms with E-state index in [1.807, 2.05) is 4.90 Å². The van der Waals surface area contributed by atoms with Crippen LogP contribution >= 0.6 is 0 Å². The molecule has 2 N–H and O–H groups in total. The molecule has 0 bridgehead atoms. The van der Waals surface area contributed by atoms with Crippen LogP contribution in [0, 0.1) is 0 Å². The summed E-state index contributed by atoms with van der Waals surface area (Å²) in [5, 5.41) is 0. The molecule has 1 amide bonds. The van der Waals surface area contributed by atoms with Crippen molar-refractivity contribution in [2.45, 2.75) is 38.6 Å². The summed E-state index contributed by atoms with van der Waals surface area (Å²) >= 11 is 0. The minimum absolute atomic E-state index is 0.0753. The summed E-state index contributed by atoms with van der Waals surface area (Å²) in [4.78, 5) is 25.5. The largest absolute Gasteiger partial charge is 0.398 e. The molecule has 5 nitrogen and oxygen atoms in total. The first kappa shape index (κ1) is 13.6. The van der Waals surface area contributed by atoms with Crippen LogP contribution < -0.4 is 11.3 Å². The molecule has 0 radical (unpaired) electrons. The first-order valence-electron chi connectivity index (χ1n) is 6.90. The molecule has 1 fully saturated rings. The van der Waals surface area contributed by atoms with Gasteiger partial charge in [0.05, 0.1) is 0 Å². The Labute approximate surface area is 113 Å². The Balaban J connectivity index is 1.98. The molecule has 0 spiro atoms. The van der Waals surface area contributed by atoms with E-state index in [1.54, 1.807) is 16.8 Å². The number of nitrogen functional groups attached to an aromatic ring is 1. The maximum atomic E-state index is 12.0. The van der Waals surface area contributed by atoms with E-state index in [-0.39, 0.29) is 11.5 Å². The molecule has 1 aliphatic rings. The molecule has 5 heteroatoms. The summed E-state index contributed by atoms with van der Waals surface area (Å²) in [6, 6.07) is 3.06. The van der Waals surface area contributed by atoms with E-state index in [0.29, 0.717) is 25.2 Å². The smallest absolute Gasteiger partial charge is 0.250 e. The van der Waals surface area contributed by atoms with E-state index in [0.717, 1.165) is 25.8 Å². The van der Waals surface area contributed by atoms with Crippen LogP contribution in [0.25, 0.3) is 0 Å². The molecular formula is C14H21N3O2. The van der Waals surface area contributed by atoms with Crippen molar-refractivity contribution < 1.29 is 4.79 Å². The lowest BCUT2D eigenvalue weighted by molar-refractivity contribution is -0.132. The second kappa shape index (κ2) is 6.41. The van der Waals surface area contributed by atoms with Crippen molar-refractivity contribution >= 4 is 11.6 Å². The highest BCUT2D eigenvalue weighted by atomic mass is 16.2. The lowest BCUT2D eigenvalue weighted by Crippen LogP contribution is -2.37. The molecule has 0 saturated carbocycles. The molecule has 2 rings (SSSR count). The first-order chi connectivity index (χ1) is 9.16. The summed E-state index contributed by atoms with van der Waals surface area (Å²) in [6.07, 6.45) is 6.63. The van der Waals surface area contributed by atoms with Gasteiger partial charge in [-0.2, -0.15) is 0 Å². The number of aromatic nitrogens is 1. The van der Waals surface area contributed by atoms with E-state index in [4.69, 9.17) is 5.73 Å². The number of pyridine rings is 1. The summed E-state index contributed by atoms with van der Waals surface area (Å²) in [7, 11) is 0. The summed E-state index contributed by atoms with van der Waals surface area (Å²) in [6.45, 7) is 1.90. The van der Waals surface area contributed by atoms with Gasteiger partial charge in [-0.3, -0.25) is 9.59 Å². The molecule has 1 aromatic rings. The third kappa shape index (κ3) is 3.84. The third-order valence-electron chi connectivity index (χ3n) is 3.54. The number of rotatable bonds is 3. The predicted octanol–water partition coefficient (Wildman–Crippen LogP) is 1.22. The first-order valence-corrected chi connectivity index (χ1v) is 6.90. The van der Waals surface area contributed by atoms with Crippen molar-refractivity contribution in [3.8, 4) is 0 Å². The Morgan fingerprint density at radius 2 is 1.84 bits per heavy atom. The number of amides is 1. The molecule has 2 heterocycles. The quantitative estimate of drug-likeness (QED) is 0.891. The van der Waals surface area contributed by atoms with Crippen molar-refractivity contribution in [3.05, 3.63) is 28.7 Å². The number of nitrogens with two attached hydrogens (primary N) is 1. The van der Waals surface area contributed by atoms with Crippen molar-refractivity contribution in [2.75, 3.05) is 18.8 Å². The van der Waals surface area contributed by atoms with Crippen molar-refractivity contribution in [1.82, 2.24) is 9.47 Å².